The number of aromatic nitrogens is 2. The molecule has 3 rings (SSSR count). The minimum atomic E-state index is -0.654. The Kier molecular flexibility index (Phi) is 3.96. The van der Waals surface area contributed by atoms with Crippen molar-refractivity contribution >= 4 is 0 Å². The van der Waals surface area contributed by atoms with Gasteiger partial charge in [0.25, 0.3) is 0 Å². The van der Waals surface area contributed by atoms with E-state index in [0.29, 0.717) is 11.8 Å². The summed E-state index contributed by atoms with van der Waals surface area (Å²) in [6, 6.07) is 3.23. The molecule has 1 aliphatic rings. The molecule has 0 amide bonds. The highest BCUT2D eigenvalue weighted by atomic mass is 19.1. The van der Waals surface area contributed by atoms with Gasteiger partial charge in [0.15, 0.2) is 0 Å². The summed E-state index contributed by atoms with van der Waals surface area (Å²) in [5, 5.41) is 7.18. The first kappa shape index (κ1) is 14.1. The molecule has 4 nitrogen and oxygen atoms in total. The zero-order chi connectivity index (χ0) is 14.8. The SMILES string of the molecule is CCC1CCNC(c2nc(-c3cc(F)cc(F)c3)no2)C1. The largest absolute Gasteiger partial charge is 0.337 e. The maximum atomic E-state index is 13.2. The number of halogens is 2. The van der Waals surface area contributed by atoms with Crippen molar-refractivity contribution in [3.05, 3.63) is 35.7 Å². The fraction of sp³-hybridized carbons (Fsp3) is 0.467. The summed E-state index contributed by atoms with van der Waals surface area (Å²) in [4.78, 5) is 4.28. The molecule has 0 spiro atoms. The average Bonchev–Trinajstić information content (AvgIpc) is 2.96. The molecular weight excluding hydrogens is 276 g/mol. The molecule has 1 aromatic carbocycles. The maximum Gasteiger partial charge on any atom is 0.244 e. The molecule has 2 aromatic rings. The van der Waals surface area contributed by atoms with Crippen LogP contribution in [0.5, 0.6) is 0 Å². The quantitative estimate of drug-likeness (QED) is 0.941. The van der Waals surface area contributed by atoms with E-state index in [4.69, 9.17) is 4.52 Å². The lowest BCUT2D eigenvalue weighted by Gasteiger charge is -2.27. The molecule has 21 heavy (non-hydrogen) atoms. The van der Waals surface area contributed by atoms with E-state index in [1.165, 1.54) is 12.1 Å². The number of rotatable bonds is 3. The van der Waals surface area contributed by atoms with Crippen molar-refractivity contribution in [1.29, 1.82) is 0 Å². The van der Waals surface area contributed by atoms with E-state index < -0.39 is 11.6 Å². The summed E-state index contributed by atoms with van der Waals surface area (Å²) in [5.41, 5.74) is 0.283. The third-order valence-corrected chi connectivity index (χ3v) is 3.95. The summed E-state index contributed by atoms with van der Waals surface area (Å²) < 4.78 is 31.7. The zero-order valence-electron chi connectivity index (χ0n) is 11.8. The Hall–Kier alpha value is -1.82. The highest BCUT2D eigenvalue weighted by Crippen LogP contribution is 2.29. The van der Waals surface area contributed by atoms with Crippen LogP contribution >= 0.6 is 0 Å². The van der Waals surface area contributed by atoms with Crippen molar-refractivity contribution < 1.29 is 13.3 Å². The Bertz CT molecular complexity index is 609. The highest BCUT2D eigenvalue weighted by molar-refractivity contribution is 5.54. The minimum absolute atomic E-state index is 0.0170. The molecule has 1 N–H and O–H groups in total. The number of piperidine rings is 1. The number of benzene rings is 1. The molecule has 2 unspecified atom stereocenters. The van der Waals surface area contributed by atoms with Crippen LogP contribution in [-0.2, 0) is 0 Å². The minimum Gasteiger partial charge on any atom is -0.337 e. The summed E-state index contributed by atoms with van der Waals surface area (Å²) in [7, 11) is 0. The number of hydrogen-bond donors (Lipinski definition) is 1. The number of nitrogens with zero attached hydrogens (tertiary/aromatic N) is 2. The first-order valence-corrected chi connectivity index (χ1v) is 7.19. The second-order valence-electron chi connectivity index (χ2n) is 5.42. The summed E-state index contributed by atoms with van der Waals surface area (Å²) in [6.45, 7) is 3.08. The Morgan fingerprint density at radius 2 is 2.05 bits per heavy atom. The molecule has 0 radical (unpaired) electrons. The van der Waals surface area contributed by atoms with E-state index in [9.17, 15) is 8.78 Å². The molecule has 1 aliphatic heterocycles. The van der Waals surface area contributed by atoms with Crippen molar-refractivity contribution in [3.63, 3.8) is 0 Å². The van der Waals surface area contributed by atoms with Crippen molar-refractivity contribution in [2.45, 2.75) is 32.2 Å². The topological polar surface area (TPSA) is 51.0 Å². The lowest BCUT2D eigenvalue weighted by atomic mass is 9.90. The van der Waals surface area contributed by atoms with Gasteiger partial charge in [0, 0.05) is 11.6 Å². The lowest BCUT2D eigenvalue weighted by molar-refractivity contribution is 0.246. The molecule has 6 heteroatoms. The van der Waals surface area contributed by atoms with Crippen molar-refractivity contribution in [2.24, 2.45) is 5.92 Å². The maximum absolute atomic E-state index is 13.2. The Morgan fingerprint density at radius 3 is 2.76 bits per heavy atom. The number of nitrogens with one attached hydrogen (secondary N) is 1. The molecule has 1 fully saturated rings. The van der Waals surface area contributed by atoms with Crippen molar-refractivity contribution in [3.8, 4) is 11.4 Å². The standard InChI is InChI=1S/C15H17F2N3O/c1-2-9-3-4-18-13(5-9)15-19-14(20-21-15)10-6-11(16)8-12(17)7-10/h6-9,13,18H,2-5H2,1H3. The summed E-state index contributed by atoms with van der Waals surface area (Å²) in [5.74, 6) is 0.0197. The van der Waals surface area contributed by atoms with Gasteiger partial charge in [-0.1, -0.05) is 18.5 Å². The van der Waals surface area contributed by atoms with Crippen LogP contribution in [0.25, 0.3) is 11.4 Å². The van der Waals surface area contributed by atoms with Gasteiger partial charge in [0.2, 0.25) is 11.7 Å². The first-order chi connectivity index (χ1) is 10.2. The highest BCUT2D eigenvalue weighted by Gasteiger charge is 2.26. The normalized spacial score (nSPS) is 22.4. The molecule has 0 bridgehead atoms. The Balaban J connectivity index is 1.82. The Morgan fingerprint density at radius 1 is 1.29 bits per heavy atom. The van der Waals surface area contributed by atoms with E-state index in [2.05, 4.69) is 22.4 Å². The van der Waals surface area contributed by atoms with Gasteiger partial charge in [-0.05, 0) is 37.4 Å². The fourth-order valence-electron chi connectivity index (χ4n) is 2.73. The second kappa shape index (κ2) is 5.89. The van der Waals surface area contributed by atoms with Gasteiger partial charge >= 0.3 is 0 Å². The van der Waals surface area contributed by atoms with Crippen LogP contribution in [0.4, 0.5) is 8.78 Å². The third-order valence-electron chi connectivity index (χ3n) is 3.95. The van der Waals surface area contributed by atoms with Crippen LogP contribution in [0.3, 0.4) is 0 Å². The van der Waals surface area contributed by atoms with Crippen molar-refractivity contribution in [1.82, 2.24) is 15.5 Å². The van der Waals surface area contributed by atoms with Gasteiger partial charge in [-0.3, -0.25) is 0 Å². The van der Waals surface area contributed by atoms with Gasteiger partial charge in [0.05, 0.1) is 6.04 Å². The average molecular weight is 293 g/mol. The molecule has 1 saturated heterocycles. The predicted molar refractivity (Wildman–Crippen MR) is 73.4 cm³/mol. The second-order valence-corrected chi connectivity index (χ2v) is 5.42. The molecular formula is C15H17F2N3O. The van der Waals surface area contributed by atoms with Crippen LogP contribution in [0.2, 0.25) is 0 Å². The van der Waals surface area contributed by atoms with E-state index in [-0.39, 0.29) is 17.4 Å². The van der Waals surface area contributed by atoms with E-state index in [1.807, 2.05) is 0 Å². The van der Waals surface area contributed by atoms with Gasteiger partial charge < -0.3 is 9.84 Å². The van der Waals surface area contributed by atoms with Gasteiger partial charge in [0.1, 0.15) is 11.6 Å². The first-order valence-electron chi connectivity index (χ1n) is 7.19. The third kappa shape index (κ3) is 3.10. The molecule has 0 saturated carbocycles. The Labute approximate surface area is 121 Å². The van der Waals surface area contributed by atoms with E-state index >= 15 is 0 Å². The van der Waals surface area contributed by atoms with E-state index in [1.54, 1.807) is 0 Å². The van der Waals surface area contributed by atoms with Crippen LogP contribution in [0.1, 0.15) is 38.1 Å². The monoisotopic (exact) mass is 293 g/mol. The zero-order valence-corrected chi connectivity index (χ0v) is 11.8. The fourth-order valence-corrected chi connectivity index (χ4v) is 2.73. The summed E-state index contributed by atoms with van der Waals surface area (Å²) >= 11 is 0. The summed E-state index contributed by atoms with van der Waals surface area (Å²) in [6.07, 6.45) is 3.20. The predicted octanol–water partition coefficient (Wildman–Crippen LogP) is 3.47. The van der Waals surface area contributed by atoms with Gasteiger partial charge in [-0.2, -0.15) is 4.98 Å². The van der Waals surface area contributed by atoms with Crippen LogP contribution in [0.15, 0.2) is 22.7 Å². The van der Waals surface area contributed by atoms with E-state index in [0.717, 1.165) is 31.9 Å². The molecule has 2 atom stereocenters. The molecule has 1 aromatic heterocycles. The molecule has 2 heterocycles. The van der Waals surface area contributed by atoms with Crippen LogP contribution in [0, 0.1) is 17.6 Å². The molecule has 0 aliphatic carbocycles. The van der Waals surface area contributed by atoms with Crippen molar-refractivity contribution in [2.75, 3.05) is 6.54 Å². The van der Waals surface area contributed by atoms with Gasteiger partial charge in [-0.15, -0.1) is 0 Å². The molecule has 112 valence electrons. The van der Waals surface area contributed by atoms with Crippen LogP contribution in [-0.4, -0.2) is 16.7 Å². The number of hydrogen-bond acceptors (Lipinski definition) is 4. The smallest absolute Gasteiger partial charge is 0.244 e. The lowest BCUT2D eigenvalue weighted by Crippen LogP contribution is -2.31. The van der Waals surface area contributed by atoms with Gasteiger partial charge in [-0.25, -0.2) is 8.78 Å². The van der Waals surface area contributed by atoms with Crippen LogP contribution < -0.4 is 5.32 Å².